The minimum absolute atomic E-state index is 0.544. The fourth-order valence-electron chi connectivity index (χ4n) is 3.55. The molecule has 140 valence electrons. The van der Waals surface area contributed by atoms with Crippen LogP contribution in [0.25, 0.3) is 11.3 Å². The molecule has 1 atom stereocenters. The summed E-state index contributed by atoms with van der Waals surface area (Å²) in [6.07, 6.45) is 5.94. The first-order chi connectivity index (χ1) is 13.3. The first-order valence-electron chi connectivity index (χ1n) is 9.54. The highest BCUT2D eigenvalue weighted by molar-refractivity contribution is 5.57. The second kappa shape index (κ2) is 8.35. The van der Waals surface area contributed by atoms with Crippen LogP contribution in [0.3, 0.4) is 0 Å². The Labute approximate surface area is 160 Å². The third kappa shape index (κ3) is 4.74. The lowest BCUT2D eigenvalue weighted by atomic mass is 9.99. The van der Waals surface area contributed by atoms with Gasteiger partial charge in [0, 0.05) is 36.5 Å². The quantitative estimate of drug-likeness (QED) is 0.652. The van der Waals surface area contributed by atoms with Crippen LogP contribution in [0, 0.1) is 12.8 Å². The number of rotatable bonds is 6. The first-order valence-corrected chi connectivity index (χ1v) is 9.54. The van der Waals surface area contributed by atoms with E-state index in [0.29, 0.717) is 5.92 Å². The third-order valence-corrected chi connectivity index (χ3v) is 5.02. The van der Waals surface area contributed by atoms with Gasteiger partial charge in [-0.2, -0.15) is 0 Å². The lowest BCUT2D eigenvalue weighted by molar-refractivity contribution is 0.117. The highest BCUT2D eigenvalue weighted by atomic mass is 16.5. The van der Waals surface area contributed by atoms with Crippen molar-refractivity contribution in [3.05, 3.63) is 66.2 Å². The minimum Gasteiger partial charge on any atom is -0.493 e. The molecule has 27 heavy (non-hydrogen) atoms. The molecule has 1 aliphatic rings. The van der Waals surface area contributed by atoms with Gasteiger partial charge in [-0.25, -0.2) is 0 Å². The van der Waals surface area contributed by atoms with Crippen molar-refractivity contribution in [3.8, 4) is 17.0 Å². The lowest BCUT2D eigenvalue weighted by Gasteiger charge is -2.31. The van der Waals surface area contributed by atoms with Gasteiger partial charge in [-0.3, -0.25) is 9.88 Å². The fraction of sp³-hybridized carbons (Fsp3) is 0.364. The Balaban J connectivity index is 1.31. The SMILES string of the molecule is Cc1ccc(OC[C@@H]2CCCN(Cc3cc(-c4ccncc4)no3)C2)cc1. The molecule has 3 aromatic rings. The largest absolute Gasteiger partial charge is 0.493 e. The van der Waals surface area contributed by atoms with Crippen molar-refractivity contribution in [1.82, 2.24) is 15.0 Å². The van der Waals surface area contributed by atoms with Gasteiger partial charge in [0.25, 0.3) is 0 Å². The molecule has 3 heterocycles. The molecule has 0 unspecified atom stereocenters. The average Bonchev–Trinajstić information content (AvgIpc) is 3.17. The van der Waals surface area contributed by atoms with Gasteiger partial charge in [-0.15, -0.1) is 0 Å². The van der Waals surface area contributed by atoms with Crippen molar-refractivity contribution in [2.24, 2.45) is 5.92 Å². The Morgan fingerprint density at radius 2 is 1.96 bits per heavy atom. The van der Waals surface area contributed by atoms with E-state index < -0.39 is 0 Å². The van der Waals surface area contributed by atoms with Crippen molar-refractivity contribution in [2.75, 3.05) is 19.7 Å². The van der Waals surface area contributed by atoms with E-state index in [4.69, 9.17) is 9.26 Å². The zero-order valence-electron chi connectivity index (χ0n) is 15.7. The molecule has 1 aliphatic heterocycles. The summed E-state index contributed by atoms with van der Waals surface area (Å²) in [5, 5.41) is 4.20. The van der Waals surface area contributed by atoms with Gasteiger partial charge in [0.15, 0.2) is 5.76 Å². The van der Waals surface area contributed by atoms with E-state index in [0.717, 1.165) is 49.0 Å². The summed E-state index contributed by atoms with van der Waals surface area (Å²) in [5.74, 6) is 2.40. The molecular formula is C22H25N3O2. The lowest BCUT2D eigenvalue weighted by Crippen LogP contribution is -2.37. The molecule has 1 saturated heterocycles. The van der Waals surface area contributed by atoms with Crippen LogP contribution in [0.15, 0.2) is 59.4 Å². The molecule has 0 spiro atoms. The number of benzene rings is 1. The Kier molecular flexibility index (Phi) is 5.49. The summed E-state index contributed by atoms with van der Waals surface area (Å²) in [5.41, 5.74) is 3.15. The number of likely N-dealkylation sites (tertiary alicyclic amines) is 1. The fourth-order valence-corrected chi connectivity index (χ4v) is 3.55. The molecule has 5 heteroatoms. The van der Waals surface area contributed by atoms with Crippen LogP contribution in [-0.2, 0) is 6.54 Å². The Morgan fingerprint density at radius 3 is 2.78 bits per heavy atom. The monoisotopic (exact) mass is 363 g/mol. The third-order valence-electron chi connectivity index (χ3n) is 5.02. The Bertz CT molecular complexity index is 846. The van der Waals surface area contributed by atoms with Crippen LogP contribution in [0.1, 0.15) is 24.2 Å². The highest BCUT2D eigenvalue weighted by Crippen LogP contribution is 2.23. The van der Waals surface area contributed by atoms with Gasteiger partial charge in [-0.05, 0) is 50.6 Å². The summed E-state index contributed by atoms with van der Waals surface area (Å²) in [4.78, 5) is 6.48. The van der Waals surface area contributed by atoms with E-state index in [1.165, 1.54) is 18.4 Å². The molecule has 1 aromatic carbocycles. The number of hydrogen-bond donors (Lipinski definition) is 0. The van der Waals surface area contributed by atoms with E-state index in [1.807, 2.05) is 30.3 Å². The van der Waals surface area contributed by atoms with Crippen molar-refractivity contribution < 1.29 is 9.26 Å². The summed E-state index contributed by atoms with van der Waals surface area (Å²) < 4.78 is 11.5. The maximum Gasteiger partial charge on any atom is 0.151 e. The highest BCUT2D eigenvalue weighted by Gasteiger charge is 2.22. The number of piperidine rings is 1. The summed E-state index contributed by atoms with van der Waals surface area (Å²) >= 11 is 0. The van der Waals surface area contributed by atoms with E-state index in [2.05, 4.69) is 34.1 Å². The Morgan fingerprint density at radius 1 is 1.15 bits per heavy atom. The first kappa shape index (κ1) is 17.7. The predicted molar refractivity (Wildman–Crippen MR) is 104 cm³/mol. The summed E-state index contributed by atoms with van der Waals surface area (Å²) in [7, 11) is 0. The average molecular weight is 363 g/mol. The van der Waals surface area contributed by atoms with Gasteiger partial charge in [0.2, 0.25) is 0 Å². The normalized spacial score (nSPS) is 17.7. The van der Waals surface area contributed by atoms with Gasteiger partial charge in [-0.1, -0.05) is 22.9 Å². The molecule has 2 aromatic heterocycles. The minimum atomic E-state index is 0.544. The summed E-state index contributed by atoms with van der Waals surface area (Å²) in [6.45, 7) is 5.76. The van der Waals surface area contributed by atoms with E-state index in [9.17, 15) is 0 Å². The molecule has 4 rings (SSSR count). The predicted octanol–water partition coefficient (Wildman–Crippen LogP) is 4.34. The molecular weight excluding hydrogens is 338 g/mol. The topological polar surface area (TPSA) is 51.4 Å². The molecule has 0 N–H and O–H groups in total. The maximum absolute atomic E-state index is 5.99. The number of aromatic nitrogens is 2. The van der Waals surface area contributed by atoms with Gasteiger partial charge >= 0.3 is 0 Å². The van der Waals surface area contributed by atoms with Crippen LogP contribution in [0.5, 0.6) is 5.75 Å². The van der Waals surface area contributed by atoms with Gasteiger partial charge < -0.3 is 9.26 Å². The van der Waals surface area contributed by atoms with Crippen molar-refractivity contribution in [2.45, 2.75) is 26.3 Å². The molecule has 0 aliphatic carbocycles. The summed E-state index contributed by atoms with van der Waals surface area (Å²) in [6, 6.07) is 14.2. The molecule has 5 nitrogen and oxygen atoms in total. The number of ether oxygens (including phenoxy) is 1. The zero-order chi connectivity index (χ0) is 18.5. The van der Waals surface area contributed by atoms with Crippen molar-refractivity contribution in [1.29, 1.82) is 0 Å². The second-order valence-corrected chi connectivity index (χ2v) is 7.28. The second-order valence-electron chi connectivity index (χ2n) is 7.28. The van der Waals surface area contributed by atoms with Crippen LogP contribution in [-0.4, -0.2) is 34.7 Å². The smallest absolute Gasteiger partial charge is 0.151 e. The van der Waals surface area contributed by atoms with Crippen LogP contribution in [0.4, 0.5) is 0 Å². The molecule has 0 radical (unpaired) electrons. The molecule has 0 saturated carbocycles. The Hall–Kier alpha value is -2.66. The van der Waals surface area contributed by atoms with E-state index in [-0.39, 0.29) is 0 Å². The van der Waals surface area contributed by atoms with Gasteiger partial charge in [0.1, 0.15) is 11.4 Å². The van der Waals surface area contributed by atoms with Crippen molar-refractivity contribution >= 4 is 0 Å². The van der Waals surface area contributed by atoms with Crippen LogP contribution >= 0.6 is 0 Å². The molecule has 0 amide bonds. The standard InChI is InChI=1S/C22H25N3O2/c1-17-4-6-20(7-5-17)26-16-18-3-2-12-25(14-18)15-21-13-22(24-27-21)19-8-10-23-11-9-19/h4-11,13,18H,2-3,12,14-16H2,1H3/t18-/m1/s1. The number of nitrogens with zero attached hydrogens (tertiary/aromatic N) is 3. The maximum atomic E-state index is 5.99. The molecule has 0 bridgehead atoms. The number of pyridine rings is 1. The van der Waals surface area contributed by atoms with Gasteiger partial charge in [0.05, 0.1) is 13.2 Å². The van der Waals surface area contributed by atoms with Crippen molar-refractivity contribution in [3.63, 3.8) is 0 Å². The van der Waals surface area contributed by atoms with Crippen LogP contribution in [0.2, 0.25) is 0 Å². The zero-order valence-corrected chi connectivity index (χ0v) is 15.7. The number of hydrogen-bond acceptors (Lipinski definition) is 5. The van der Waals surface area contributed by atoms with E-state index in [1.54, 1.807) is 12.4 Å². The van der Waals surface area contributed by atoms with Crippen LogP contribution < -0.4 is 4.74 Å². The number of aryl methyl sites for hydroxylation is 1. The van der Waals surface area contributed by atoms with E-state index >= 15 is 0 Å². The molecule has 1 fully saturated rings.